The van der Waals surface area contributed by atoms with Gasteiger partial charge >= 0.3 is 0 Å². The monoisotopic (exact) mass is 494 g/mol. The number of aryl methyl sites for hydroxylation is 1. The minimum absolute atomic E-state index is 0. The van der Waals surface area contributed by atoms with E-state index >= 15 is 0 Å². The van der Waals surface area contributed by atoms with Crippen LogP contribution in [0.2, 0.25) is 0 Å². The Morgan fingerprint density at radius 1 is 0.657 bits per heavy atom. The minimum atomic E-state index is 0. The molecular formula is C30H26CrN4. The van der Waals surface area contributed by atoms with E-state index in [4.69, 9.17) is 9.97 Å². The summed E-state index contributed by atoms with van der Waals surface area (Å²) < 4.78 is 0. The topological polar surface area (TPSA) is 57.4 Å². The van der Waals surface area contributed by atoms with Gasteiger partial charge in [-0.25, -0.2) is 9.97 Å². The molecule has 8 bridgehead atoms. The Bertz CT molecular complexity index is 1590. The Balaban J connectivity index is 0.00000253. The molecule has 0 radical (unpaired) electrons. The quantitative estimate of drug-likeness (QED) is 0.264. The van der Waals surface area contributed by atoms with E-state index < -0.39 is 0 Å². The number of aromatic amines is 2. The Morgan fingerprint density at radius 3 is 1.83 bits per heavy atom. The normalized spacial score (nSPS) is 12.0. The van der Waals surface area contributed by atoms with Gasteiger partial charge in [0.2, 0.25) is 0 Å². The summed E-state index contributed by atoms with van der Waals surface area (Å²) in [6.07, 6.45) is 11.6. The molecule has 172 valence electrons. The summed E-state index contributed by atoms with van der Waals surface area (Å²) in [4.78, 5) is 16.9. The van der Waals surface area contributed by atoms with E-state index in [1.54, 1.807) is 0 Å². The molecule has 0 amide bonds. The van der Waals surface area contributed by atoms with Gasteiger partial charge in [0.1, 0.15) is 0 Å². The van der Waals surface area contributed by atoms with Crippen LogP contribution in [0.15, 0.2) is 66.7 Å². The van der Waals surface area contributed by atoms with Crippen LogP contribution in [0.1, 0.15) is 48.1 Å². The Morgan fingerprint density at radius 2 is 1.23 bits per heavy atom. The van der Waals surface area contributed by atoms with Crippen LogP contribution >= 0.6 is 0 Å². The van der Waals surface area contributed by atoms with Crippen LogP contribution in [0.3, 0.4) is 0 Å². The minimum Gasteiger partial charge on any atom is -0.355 e. The van der Waals surface area contributed by atoms with Gasteiger partial charge in [-0.2, -0.15) is 0 Å². The van der Waals surface area contributed by atoms with Crippen LogP contribution in [-0.4, -0.2) is 19.9 Å². The Labute approximate surface area is 215 Å². The first kappa shape index (κ1) is 23.1. The van der Waals surface area contributed by atoms with Gasteiger partial charge in [-0.1, -0.05) is 43.7 Å². The molecule has 0 saturated carbocycles. The molecule has 3 aromatic heterocycles. The van der Waals surface area contributed by atoms with Crippen LogP contribution in [0.5, 0.6) is 0 Å². The van der Waals surface area contributed by atoms with E-state index in [1.807, 2.05) is 0 Å². The fourth-order valence-electron chi connectivity index (χ4n) is 4.68. The van der Waals surface area contributed by atoms with E-state index in [9.17, 15) is 0 Å². The second-order valence-corrected chi connectivity index (χ2v) is 8.81. The van der Waals surface area contributed by atoms with E-state index in [0.717, 1.165) is 64.1 Å². The first-order valence-electron chi connectivity index (χ1n) is 11.9. The fourth-order valence-corrected chi connectivity index (χ4v) is 4.68. The van der Waals surface area contributed by atoms with Gasteiger partial charge in [0.25, 0.3) is 0 Å². The standard InChI is InChI=1S/C30H26N4.Cr/c1-2-3-9-27-28-18-25-14-12-23(32-25)16-21-10-11-22(31-21)17-24-13-15-26(33-24)19-29(34-28)30(27)20-7-5-4-6-8-20;/h4-8,10-19,31,34H,2-3,9H2,1H3;. The van der Waals surface area contributed by atoms with Crippen molar-refractivity contribution in [2.45, 2.75) is 26.2 Å². The molecular weight excluding hydrogens is 468 g/mol. The number of unbranched alkanes of at least 4 members (excludes halogenated alkanes) is 1. The van der Waals surface area contributed by atoms with Crippen molar-refractivity contribution >= 4 is 46.4 Å². The van der Waals surface area contributed by atoms with Crippen molar-refractivity contribution in [1.82, 2.24) is 19.9 Å². The van der Waals surface area contributed by atoms with Crippen molar-refractivity contribution in [2.24, 2.45) is 0 Å². The molecule has 0 aliphatic carbocycles. The molecule has 5 heterocycles. The third-order valence-corrected chi connectivity index (χ3v) is 6.30. The van der Waals surface area contributed by atoms with Gasteiger partial charge in [0.15, 0.2) is 0 Å². The number of fused-ring (bicyclic) bond motifs is 8. The van der Waals surface area contributed by atoms with Crippen molar-refractivity contribution in [3.63, 3.8) is 0 Å². The molecule has 0 spiro atoms. The first-order chi connectivity index (χ1) is 16.7. The summed E-state index contributed by atoms with van der Waals surface area (Å²) in [6, 6.07) is 23.3. The number of benzene rings is 1. The molecule has 35 heavy (non-hydrogen) atoms. The molecule has 0 saturated heterocycles. The van der Waals surface area contributed by atoms with E-state index in [-0.39, 0.29) is 17.4 Å². The average molecular weight is 495 g/mol. The van der Waals surface area contributed by atoms with Crippen molar-refractivity contribution in [1.29, 1.82) is 0 Å². The summed E-state index contributed by atoms with van der Waals surface area (Å²) in [6.45, 7) is 2.24. The summed E-state index contributed by atoms with van der Waals surface area (Å²) in [5.74, 6) is 0. The van der Waals surface area contributed by atoms with Crippen molar-refractivity contribution in [2.75, 3.05) is 0 Å². The molecule has 1 aromatic carbocycles. The van der Waals surface area contributed by atoms with Crippen LogP contribution in [0.4, 0.5) is 0 Å². The molecule has 2 N–H and O–H groups in total. The van der Waals surface area contributed by atoms with Crippen LogP contribution in [0, 0.1) is 0 Å². The number of H-pyrrole nitrogens is 2. The second kappa shape index (κ2) is 9.92. The second-order valence-electron chi connectivity index (χ2n) is 8.81. The van der Waals surface area contributed by atoms with Gasteiger partial charge in [-0.15, -0.1) is 0 Å². The average Bonchev–Trinajstić information content (AvgIpc) is 3.63. The Hall–Kier alpha value is -3.65. The van der Waals surface area contributed by atoms with E-state index in [0.29, 0.717) is 0 Å². The molecule has 5 heteroatoms. The molecule has 0 unspecified atom stereocenters. The van der Waals surface area contributed by atoms with Crippen LogP contribution in [-0.2, 0) is 23.8 Å². The van der Waals surface area contributed by atoms with E-state index in [2.05, 4.69) is 108 Å². The number of nitrogens with zero attached hydrogens (tertiary/aromatic N) is 2. The van der Waals surface area contributed by atoms with E-state index in [1.165, 1.54) is 16.7 Å². The molecule has 4 nitrogen and oxygen atoms in total. The predicted molar refractivity (Wildman–Crippen MR) is 143 cm³/mol. The maximum atomic E-state index is 4.86. The maximum absolute atomic E-state index is 4.86. The summed E-state index contributed by atoms with van der Waals surface area (Å²) >= 11 is 0. The maximum Gasteiger partial charge on any atom is 0.0658 e. The zero-order valence-electron chi connectivity index (χ0n) is 19.6. The van der Waals surface area contributed by atoms with Gasteiger partial charge in [0, 0.05) is 45.0 Å². The molecule has 0 fully saturated rings. The smallest absolute Gasteiger partial charge is 0.0658 e. The van der Waals surface area contributed by atoms with Gasteiger partial charge < -0.3 is 9.97 Å². The fraction of sp³-hybridized carbons (Fsp3) is 0.133. The zero-order valence-corrected chi connectivity index (χ0v) is 20.9. The van der Waals surface area contributed by atoms with Crippen molar-refractivity contribution < 1.29 is 17.4 Å². The largest absolute Gasteiger partial charge is 0.355 e. The molecule has 6 rings (SSSR count). The number of hydrogen-bond donors (Lipinski definition) is 2. The number of hydrogen-bond acceptors (Lipinski definition) is 2. The van der Waals surface area contributed by atoms with Crippen molar-refractivity contribution in [3.05, 3.63) is 95.1 Å². The van der Waals surface area contributed by atoms with Crippen LogP contribution < -0.4 is 0 Å². The summed E-state index contributed by atoms with van der Waals surface area (Å²) in [7, 11) is 0. The summed E-state index contributed by atoms with van der Waals surface area (Å²) in [5, 5.41) is 0. The molecule has 2 aliphatic heterocycles. The third-order valence-electron chi connectivity index (χ3n) is 6.30. The first-order valence-corrected chi connectivity index (χ1v) is 11.9. The number of nitrogens with one attached hydrogen (secondary N) is 2. The SMILES string of the molecule is CCCCc1c(-c2ccccc2)c2cc3nc(cc4ccc(cc5nc(cc1[nH]2)C=C5)[nH]4)C=C3.[Cr]. The third kappa shape index (κ3) is 4.79. The zero-order chi connectivity index (χ0) is 22.9. The predicted octanol–water partition coefficient (Wildman–Crippen LogP) is 7.66. The van der Waals surface area contributed by atoms with Gasteiger partial charge in [-0.3, -0.25) is 0 Å². The Kier molecular flexibility index (Phi) is 6.55. The number of rotatable bonds is 4. The molecule has 0 atom stereocenters. The molecule has 4 aromatic rings. The number of aromatic nitrogens is 4. The summed E-state index contributed by atoms with van der Waals surface area (Å²) in [5.41, 5.74) is 11.8. The van der Waals surface area contributed by atoms with Crippen molar-refractivity contribution in [3.8, 4) is 11.1 Å². The van der Waals surface area contributed by atoms with Crippen LogP contribution in [0.25, 0.3) is 57.5 Å². The van der Waals surface area contributed by atoms with Gasteiger partial charge in [-0.05, 0) is 84.7 Å². The molecule has 2 aliphatic rings. The van der Waals surface area contributed by atoms with Gasteiger partial charge in [0.05, 0.1) is 22.8 Å².